The molecule has 0 atom stereocenters. The summed E-state index contributed by atoms with van der Waals surface area (Å²) in [6, 6.07) is 5.38. The molecule has 1 aromatic carbocycles. The predicted molar refractivity (Wildman–Crippen MR) is 81.5 cm³/mol. The van der Waals surface area contributed by atoms with Crippen molar-refractivity contribution in [2.75, 3.05) is 0 Å². The lowest BCUT2D eigenvalue weighted by Crippen LogP contribution is -2.26. The second-order valence-corrected chi connectivity index (χ2v) is 5.70. The second kappa shape index (κ2) is 5.59. The Bertz CT molecular complexity index is 655. The summed E-state index contributed by atoms with van der Waals surface area (Å²) in [5.41, 5.74) is 0.734. The summed E-state index contributed by atoms with van der Waals surface area (Å²) in [6.07, 6.45) is 1.56. The molecule has 0 aliphatic carbocycles. The Labute approximate surface area is 128 Å². The minimum absolute atomic E-state index is 0.0702. The Hall–Kier alpha value is -0.590. The van der Waals surface area contributed by atoms with E-state index in [0.29, 0.717) is 26.0 Å². The van der Waals surface area contributed by atoms with E-state index in [1.165, 1.54) is 0 Å². The number of aryl methyl sites for hydroxylation is 1. The van der Waals surface area contributed by atoms with Gasteiger partial charge in [0, 0.05) is 6.20 Å². The molecule has 0 N–H and O–H groups in total. The minimum atomic E-state index is -0.0702. The molecule has 2 rings (SSSR count). The van der Waals surface area contributed by atoms with Crippen molar-refractivity contribution in [2.45, 2.75) is 13.5 Å². The third-order valence-corrected chi connectivity index (χ3v) is 4.16. The molecule has 0 saturated carbocycles. The van der Waals surface area contributed by atoms with Crippen molar-refractivity contribution in [2.24, 2.45) is 0 Å². The van der Waals surface area contributed by atoms with E-state index in [1.807, 2.05) is 34.7 Å². The van der Waals surface area contributed by atoms with E-state index in [-0.39, 0.29) is 5.56 Å². The van der Waals surface area contributed by atoms with Crippen molar-refractivity contribution in [3.05, 3.63) is 59.8 Å². The van der Waals surface area contributed by atoms with Gasteiger partial charge >= 0.3 is 0 Å². The van der Waals surface area contributed by atoms with Crippen molar-refractivity contribution < 1.29 is 0 Å². The van der Waals surface area contributed by atoms with Gasteiger partial charge < -0.3 is 0 Å². The highest BCUT2D eigenvalue weighted by Crippen LogP contribution is 2.25. The maximum atomic E-state index is 12.0. The topological polar surface area (TPSA) is 34.9 Å². The van der Waals surface area contributed by atoms with Gasteiger partial charge in [0.2, 0.25) is 0 Å². The standard InChI is InChI=1S/C12H9Cl2IN2O/c1-7-16-5-10(15)12(18)17(7)6-8-3-2-4-9(13)11(8)14/h2-5H,6H2,1H3. The van der Waals surface area contributed by atoms with Gasteiger partial charge in [-0.3, -0.25) is 9.36 Å². The van der Waals surface area contributed by atoms with E-state index in [4.69, 9.17) is 23.2 Å². The quantitative estimate of drug-likeness (QED) is 0.730. The highest BCUT2D eigenvalue weighted by atomic mass is 127. The second-order valence-electron chi connectivity index (χ2n) is 3.76. The van der Waals surface area contributed by atoms with Gasteiger partial charge in [-0.05, 0) is 41.1 Å². The smallest absolute Gasteiger partial charge is 0.267 e. The third-order valence-electron chi connectivity index (χ3n) is 2.56. The summed E-state index contributed by atoms with van der Waals surface area (Å²) in [4.78, 5) is 16.2. The Morgan fingerprint density at radius 2 is 2.11 bits per heavy atom. The first kappa shape index (κ1) is 13.8. The van der Waals surface area contributed by atoms with Crippen LogP contribution in [0.5, 0.6) is 0 Å². The zero-order valence-electron chi connectivity index (χ0n) is 9.45. The van der Waals surface area contributed by atoms with E-state index >= 15 is 0 Å². The molecule has 94 valence electrons. The number of rotatable bonds is 2. The normalized spacial score (nSPS) is 10.7. The van der Waals surface area contributed by atoms with Crippen LogP contribution < -0.4 is 5.56 Å². The van der Waals surface area contributed by atoms with Crippen LogP contribution in [0.25, 0.3) is 0 Å². The van der Waals surface area contributed by atoms with Crippen molar-refractivity contribution in [1.29, 1.82) is 0 Å². The van der Waals surface area contributed by atoms with E-state index in [2.05, 4.69) is 4.98 Å². The van der Waals surface area contributed by atoms with Crippen LogP contribution in [0, 0.1) is 10.5 Å². The summed E-state index contributed by atoms with van der Waals surface area (Å²) in [5.74, 6) is 0.649. The summed E-state index contributed by atoms with van der Waals surface area (Å²) in [6.45, 7) is 2.16. The number of hydrogen-bond acceptors (Lipinski definition) is 2. The van der Waals surface area contributed by atoms with Gasteiger partial charge in [0.25, 0.3) is 5.56 Å². The van der Waals surface area contributed by atoms with Gasteiger partial charge in [-0.15, -0.1) is 0 Å². The highest BCUT2D eigenvalue weighted by molar-refractivity contribution is 14.1. The molecule has 0 aliphatic heterocycles. The van der Waals surface area contributed by atoms with Crippen LogP contribution in [-0.2, 0) is 6.54 Å². The molecule has 6 heteroatoms. The molecule has 0 radical (unpaired) electrons. The molecule has 0 bridgehead atoms. The van der Waals surface area contributed by atoms with E-state index in [0.717, 1.165) is 5.56 Å². The van der Waals surface area contributed by atoms with Gasteiger partial charge in [-0.1, -0.05) is 35.3 Å². The van der Waals surface area contributed by atoms with Crippen LogP contribution in [0.2, 0.25) is 10.0 Å². The monoisotopic (exact) mass is 394 g/mol. The fourth-order valence-electron chi connectivity index (χ4n) is 1.58. The Morgan fingerprint density at radius 3 is 2.83 bits per heavy atom. The molecular weight excluding hydrogens is 386 g/mol. The molecule has 1 aromatic heterocycles. The molecule has 2 aromatic rings. The maximum Gasteiger partial charge on any atom is 0.267 e. The van der Waals surface area contributed by atoms with Gasteiger partial charge in [0.05, 0.1) is 20.2 Å². The number of halogens is 3. The molecule has 18 heavy (non-hydrogen) atoms. The van der Waals surface area contributed by atoms with E-state index in [9.17, 15) is 4.79 Å². The molecule has 0 unspecified atom stereocenters. The summed E-state index contributed by atoms with van der Waals surface area (Å²) in [5, 5.41) is 0.961. The average Bonchev–Trinajstić information content (AvgIpc) is 2.35. The van der Waals surface area contributed by atoms with Crippen molar-refractivity contribution in [3.63, 3.8) is 0 Å². The molecule has 3 nitrogen and oxygen atoms in total. The summed E-state index contributed by atoms with van der Waals surface area (Å²) >= 11 is 14.0. The fourth-order valence-corrected chi connectivity index (χ4v) is 2.39. The lowest BCUT2D eigenvalue weighted by molar-refractivity contribution is 0.695. The van der Waals surface area contributed by atoms with Crippen LogP contribution in [0.4, 0.5) is 0 Å². The van der Waals surface area contributed by atoms with Crippen molar-refractivity contribution in [1.82, 2.24) is 9.55 Å². The molecule has 0 saturated heterocycles. The zero-order chi connectivity index (χ0) is 13.3. The van der Waals surface area contributed by atoms with Crippen molar-refractivity contribution >= 4 is 45.8 Å². The number of hydrogen-bond donors (Lipinski definition) is 0. The number of aromatic nitrogens is 2. The zero-order valence-corrected chi connectivity index (χ0v) is 13.1. The first-order valence-electron chi connectivity index (χ1n) is 5.15. The minimum Gasteiger partial charge on any atom is -0.291 e. The van der Waals surface area contributed by atoms with Crippen LogP contribution >= 0.6 is 45.8 Å². The van der Waals surface area contributed by atoms with Gasteiger partial charge in [-0.25, -0.2) is 4.98 Å². The molecule has 0 amide bonds. The van der Waals surface area contributed by atoms with Crippen LogP contribution in [0.15, 0.2) is 29.2 Å². The molecule has 0 spiro atoms. The van der Waals surface area contributed by atoms with Crippen LogP contribution in [0.1, 0.15) is 11.4 Å². The number of nitrogens with zero attached hydrogens (tertiary/aromatic N) is 2. The number of benzene rings is 1. The SMILES string of the molecule is Cc1ncc(I)c(=O)n1Cc1cccc(Cl)c1Cl. The Morgan fingerprint density at radius 1 is 1.39 bits per heavy atom. The first-order valence-corrected chi connectivity index (χ1v) is 6.99. The molecular formula is C12H9Cl2IN2O. The highest BCUT2D eigenvalue weighted by Gasteiger charge is 2.09. The lowest BCUT2D eigenvalue weighted by atomic mass is 10.2. The predicted octanol–water partition coefficient (Wildman–Crippen LogP) is 3.51. The van der Waals surface area contributed by atoms with Crippen molar-refractivity contribution in [3.8, 4) is 0 Å². The van der Waals surface area contributed by atoms with Crippen LogP contribution in [-0.4, -0.2) is 9.55 Å². The first-order chi connectivity index (χ1) is 8.50. The summed E-state index contributed by atoms with van der Waals surface area (Å²) < 4.78 is 2.16. The van der Waals surface area contributed by atoms with Gasteiger partial charge in [0.1, 0.15) is 5.82 Å². The largest absolute Gasteiger partial charge is 0.291 e. The van der Waals surface area contributed by atoms with Crippen LogP contribution in [0.3, 0.4) is 0 Å². The molecule has 1 heterocycles. The fraction of sp³-hybridized carbons (Fsp3) is 0.167. The van der Waals surface area contributed by atoms with Gasteiger partial charge in [0.15, 0.2) is 0 Å². The Balaban J connectivity index is 2.50. The average molecular weight is 395 g/mol. The summed E-state index contributed by atoms with van der Waals surface area (Å²) in [7, 11) is 0. The Kier molecular flexibility index (Phi) is 4.29. The third kappa shape index (κ3) is 2.70. The van der Waals surface area contributed by atoms with E-state index < -0.39 is 0 Å². The molecule has 0 aliphatic rings. The van der Waals surface area contributed by atoms with Gasteiger partial charge in [-0.2, -0.15) is 0 Å². The molecule has 0 fully saturated rings. The lowest BCUT2D eigenvalue weighted by Gasteiger charge is -2.11. The maximum absolute atomic E-state index is 12.0. The van der Waals surface area contributed by atoms with E-state index in [1.54, 1.807) is 23.8 Å².